The molecule has 1 N–H and O–H groups in total. The van der Waals surface area contributed by atoms with Gasteiger partial charge in [-0.1, -0.05) is 16.4 Å². The Morgan fingerprint density at radius 2 is 2.33 bits per heavy atom. The summed E-state index contributed by atoms with van der Waals surface area (Å²) in [6.45, 7) is 6.73. The first-order valence-electron chi connectivity index (χ1n) is 7.92. The molecule has 2 aromatic heterocycles. The Bertz CT molecular complexity index is 764. The summed E-state index contributed by atoms with van der Waals surface area (Å²) in [7, 11) is 2.01. The van der Waals surface area contributed by atoms with Crippen LogP contribution in [0, 0.1) is 6.92 Å². The van der Waals surface area contributed by atoms with Crippen LogP contribution in [-0.4, -0.2) is 49.2 Å². The number of aryl methyl sites for hydroxylation is 1. The van der Waals surface area contributed by atoms with Gasteiger partial charge in [0.05, 0.1) is 6.54 Å². The molecule has 24 heavy (non-hydrogen) atoms. The van der Waals surface area contributed by atoms with E-state index in [-0.39, 0.29) is 11.7 Å². The molecule has 1 unspecified atom stereocenters. The fraction of sp³-hybridized carbons (Fsp3) is 0.500. The maximum Gasteiger partial charge on any atom is 0.356 e. The van der Waals surface area contributed by atoms with Gasteiger partial charge in [0.1, 0.15) is 11.4 Å². The van der Waals surface area contributed by atoms with Crippen LogP contribution in [0.3, 0.4) is 0 Å². The summed E-state index contributed by atoms with van der Waals surface area (Å²) in [6.07, 6.45) is 4.14. The molecule has 0 aliphatic heterocycles. The molecule has 1 atom stereocenters. The van der Waals surface area contributed by atoms with Crippen molar-refractivity contribution in [3.63, 3.8) is 0 Å². The van der Waals surface area contributed by atoms with Gasteiger partial charge in [0.25, 0.3) is 0 Å². The molecule has 3 rings (SSSR count). The number of rotatable bonds is 6. The van der Waals surface area contributed by atoms with Gasteiger partial charge in [-0.3, -0.25) is 9.58 Å². The molecular weight excluding hydrogens is 310 g/mol. The molecule has 0 radical (unpaired) electrons. The predicted molar refractivity (Wildman–Crippen MR) is 85.7 cm³/mol. The van der Waals surface area contributed by atoms with Crippen LogP contribution in [0.4, 0.5) is 0 Å². The van der Waals surface area contributed by atoms with Gasteiger partial charge in [0.15, 0.2) is 5.69 Å². The van der Waals surface area contributed by atoms with Crippen molar-refractivity contribution in [1.82, 2.24) is 25.0 Å². The minimum Gasteiger partial charge on any atom is -0.476 e. The number of carbonyl (C=O) groups is 1. The molecule has 0 saturated heterocycles. The average Bonchev–Trinajstić information content (AvgIpc) is 3.12. The molecule has 2 heterocycles. The van der Waals surface area contributed by atoms with Crippen molar-refractivity contribution in [2.45, 2.75) is 45.3 Å². The highest BCUT2D eigenvalue weighted by atomic mass is 16.6. The summed E-state index contributed by atoms with van der Waals surface area (Å²) in [5.74, 6) is -0.978. The zero-order valence-electron chi connectivity index (χ0n) is 13.9. The van der Waals surface area contributed by atoms with Crippen LogP contribution < -0.4 is 0 Å². The van der Waals surface area contributed by atoms with Crippen molar-refractivity contribution in [3.8, 4) is 0 Å². The van der Waals surface area contributed by atoms with E-state index in [9.17, 15) is 9.90 Å². The van der Waals surface area contributed by atoms with Crippen LogP contribution >= 0.6 is 0 Å². The van der Waals surface area contributed by atoms with E-state index in [0.29, 0.717) is 19.5 Å². The maximum atomic E-state index is 11.5. The molecule has 0 aromatic carbocycles. The van der Waals surface area contributed by atoms with Gasteiger partial charge in [-0.05, 0) is 33.2 Å². The lowest BCUT2D eigenvalue weighted by Crippen LogP contribution is -2.36. The Morgan fingerprint density at radius 3 is 2.96 bits per heavy atom. The van der Waals surface area contributed by atoms with Crippen LogP contribution in [-0.2, 0) is 25.9 Å². The van der Waals surface area contributed by atoms with E-state index >= 15 is 0 Å². The number of carboxylic acids is 1. The lowest BCUT2D eigenvalue weighted by molar-refractivity contribution is 0.0687. The Labute approximate surface area is 139 Å². The Balaban J connectivity index is 1.81. The summed E-state index contributed by atoms with van der Waals surface area (Å²) < 4.78 is 6.50. The SMILES string of the molecule is C=CCn1nc(C(=O)O)c2c1CCC(N(C)Cc1nonc1C)C2. The van der Waals surface area contributed by atoms with Gasteiger partial charge < -0.3 is 5.11 Å². The largest absolute Gasteiger partial charge is 0.476 e. The highest BCUT2D eigenvalue weighted by Crippen LogP contribution is 2.28. The Hall–Kier alpha value is -2.48. The van der Waals surface area contributed by atoms with Crippen molar-refractivity contribution in [1.29, 1.82) is 0 Å². The molecule has 8 heteroatoms. The smallest absolute Gasteiger partial charge is 0.356 e. The molecule has 1 aliphatic rings. The summed E-state index contributed by atoms with van der Waals surface area (Å²) in [5, 5.41) is 21.4. The third-order valence-corrected chi connectivity index (χ3v) is 4.59. The van der Waals surface area contributed by atoms with Crippen molar-refractivity contribution < 1.29 is 14.5 Å². The molecule has 128 valence electrons. The lowest BCUT2D eigenvalue weighted by Gasteiger charge is -2.31. The Kier molecular flexibility index (Phi) is 4.48. The number of allylic oxidation sites excluding steroid dienone is 1. The van der Waals surface area contributed by atoms with Crippen LogP contribution in [0.25, 0.3) is 0 Å². The van der Waals surface area contributed by atoms with E-state index in [0.717, 1.165) is 35.5 Å². The van der Waals surface area contributed by atoms with Crippen molar-refractivity contribution >= 4 is 5.97 Å². The fourth-order valence-corrected chi connectivity index (χ4v) is 3.25. The van der Waals surface area contributed by atoms with Crippen LogP contribution in [0.2, 0.25) is 0 Å². The third-order valence-electron chi connectivity index (χ3n) is 4.59. The predicted octanol–water partition coefficient (Wildman–Crippen LogP) is 1.45. The van der Waals surface area contributed by atoms with Gasteiger partial charge in [-0.25, -0.2) is 9.42 Å². The number of carboxylic acid groups (broad SMARTS) is 1. The molecule has 8 nitrogen and oxygen atoms in total. The van der Waals surface area contributed by atoms with Gasteiger partial charge in [0, 0.05) is 23.8 Å². The average molecular weight is 331 g/mol. The molecule has 0 amide bonds. The normalized spacial score (nSPS) is 17.0. The molecule has 0 fully saturated rings. The second kappa shape index (κ2) is 6.56. The first-order chi connectivity index (χ1) is 11.5. The number of fused-ring (bicyclic) bond motifs is 1. The highest BCUT2D eigenvalue weighted by Gasteiger charge is 2.30. The summed E-state index contributed by atoms with van der Waals surface area (Å²) in [4.78, 5) is 13.7. The van der Waals surface area contributed by atoms with E-state index in [4.69, 9.17) is 4.63 Å². The first-order valence-corrected chi connectivity index (χ1v) is 7.92. The van der Waals surface area contributed by atoms with Gasteiger partial charge in [-0.2, -0.15) is 5.10 Å². The third kappa shape index (κ3) is 2.96. The van der Waals surface area contributed by atoms with Crippen molar-refractivity contribution in [3.05, 3.63) is 41.0 Å². The molecule has 0 bridgehead atoms. The molecule has 0 saturated carbocycles. The number of aromatic nitrogens is 4. The van der Waals surface area contributed by atoms with E-state index in [1.807, 2.05) is 14.0 Å². The Morgan fingerprint density at radius 1 is 1.54 bits per heavy atom. The maximum absolute atomic E-state index is 11.5. The van der Waals surface area contributed by atoms with Crippen LogP contribution in [0.1, 0.15) is 39.6 Å². The molecule has 0 spiro atoms. The molecule has 1 aliphatic carbocycles. The minimum atomic E-state index is -0.978. The molecular formula is C16H21N5O3. The monoisotopic (exact) mass is 331 g/mol. The lowest BCUT2D eigenvalue weighted by atomic mass is 9.90. The van der Waals surface area contributed by atoms with Crippen LogP contribution in [0.5, 0.6) is 0 Å². The van der Waals surface area contributed by atoms with Gasteiger partial charge in [-0.15, -0.1) is 6.58 Å². The van der Waals surface area contributed by atoms with Gasteiger partial charge in [0.2, 0.25) is 0 Å². The second-order valence-electron chi connectivity index (χ2n) is 6.16. The number of likely N-dealkylation sites (N-methyl/N-ethyl adjacent to an activating group) is 1. The van der Waals surface area contributed by atoms with E-state index in [1.165, 1.54) is 0 Å². The van der Waals surface area contributed by atoms with E-state index < -0.39 is 5.97 Å². The number of hydrogen-bond acceptors (Lipinski definition) is 6. The fourth-order valence-electron chi connectivity index (χ4n) is 3.25. The minimum absolute atomic E-state index is 0.157. The zero-order valence-corrected chi connectivity index (χ0v) is 13.9. The quantitative estimate of drug-likeness (QED) is 0.800. The second-order valence-corrected chi connectivity index (χ2v) is 6.16. The molecule has 2 aromatic rings. The first kappa shape index (κ1) is 16.4. The number of nitrogens with zero attached hydrogens (tertiary/aromatic N) is 5. The summed E-state index contributed by atoms with van der Waals surface area (Å²) >= 11 is 0. The van der Waals surface area contributed by atoms with Crippen molar-refractivity contribution in [2.24, 2.45) is 0 Å². The van der Waals surface area contributed by atoms with E-state index in [2.05, 4.69) is 26.9 Å². The van der Waals surface area contributed by atoms with E-state index in [1.54, 1.807) is 10.8 Å². The topological polar surface area (TPSA) is 97.3 Å². The van der Waals surface area contributed by atoms with Crippen molar-refractivity contribution in [2.75, 3.05) is 7.05 Å². The van der Waals surface area contributed by atoms with Crippen LogP contribution in [0.15, 0.2) is 17.3 Å². The number of hydrogen-bond donors (Lipinski definition) is 1. The van der Waals surface area contributed by atoms with Gasteiger partial charge >= 0.3 is 5.97 Å². The zero-order chi connectivity index (χ0) is 17.3. The standard InChI is InChI=1S/C16H21N5O3/c1-4-7-21-14-6-5-11(8-12(14)15(17-21)16(22)23)20(3)9-13-10(2)18-24-19-13/h4,11H,1,5-9H2,2-3H3,(H,22,23). The summed E-state index contributed by atoms with van der Waals surface area (Å²) in [6, 6.07) is 0.230. The summed E-state index contributed by atoms with van der Waals surface area (Å²) in [5.41, 5.74) is 3.59. The highest BCUT2D eigenvalue weighted by molar-refractivity contribution is 5.87. The number of aromatic carboxylic acids is 1.